The Morgan fingerprint density at radius 1 is 0.544 bits per heavy atom. The molecule has 2 saturated carbocycles. The number of piperidine rings is 2. The van der Waals surface area contributed by atoms with Gasteiger partial charge in [-0.25, -0.2) is 28.7 Å². The number of ether oxygens (including phenoxy) is 4. The fraction of sp³-hybridized carbons (Fsp3) is 0.500. The van der Waals surface area contributed by atoms with Crippen molar-refractivity contribution in [3.05, 3.63) is 84.7 Å². The molecule has 0 bridgehead atoms. The number of benzene rings is 2. The van der Waals surface area contributed by atoms with Gasteiger partial charge in [0.15, 0.2) is 0 Å². The number of anilines is 2. The average molecular weight is 933 g/mol. The standard InChI is InChI=1S/2C26H31FN4O3/c2*1-33-25(32)14-17-2-6-20(7-3-17)34-21-10-12-31(13-11-21)24-9-4-18(16-28-24)26-29-22-8-5-19(27)15-23(22)30-26/h2*4-5,8-9,15-17,20-21H,2-3,6-7,10-14H2,1H3,(H,29,30). The van der Waals surface area contributed by atoms with Crippen molar-refractivity contribution in [1.82, 2.24) is 29.9 Å². The summed E-state index contributed by atoms with van der Waals surface area (Å²) in [5.74, 6) is 3.37. The van der Waals surface area contributed by atoms with Crippen molar-refractivity contribution in [3.8, 4) is 22.8 Å². The zero-order valence-corrected chi connectivity index (χ0v) is 39.0. The summed E-state index contributed by atoms with van der Waals surface area (Å²) in [6, 6.07) is 17.1. The Kier molecular flexibility index (Phi) is 15.2. The van der Waals surface area contributed by atoms with Crippen LogP contribution in [0.4, 0.5) is 20.4 Å². The van der Waals surface area contributed by atoms with E-state index in [9.17, 15) is 18.4 Å². The molecule has 360 valence electrons. The van der Waals surface area contributed by atoms with Gasteiger partial charge in [0, 0.05) is 62.5 Å². The van der Waals surface area contributed by atoms with Crippen LogP contribution in [0.25, 0.3) is 44.8 Å². The van der Waals surface area contributed by atoms with E-state index in [2.05, 4.69) is 39.7 Å². The molecule has 0 radical (unpaired) electrons. The molecule has 2 saturated heterocycles. The van der Waals surface area contributed by atoms with Crippen LogP contribution in [0.1, 0.15) is 89.9 Å². The minimum absolute atomic E-state index is 0.105. The van der Waals surface area contributed by atoms with Crippen LogP contribution in [-0.4, -0.2) is 107 Å². The molecule has 2 aliphatic heterocycles. The highest BCUT2D eigenvalue weighted by Crippen LogP contribution is 2.33. The van der Waals surface area contributed by atoms with Crippen LogP contribution in [0.5, 0.6) is 0 Å². The summed E-state index contributed by atoms with van der Waals surface area (Å²) in [5.41, 5.74) is 4.58. The fourth-order valence-corrected chi connectivity index (χ4v) is 10.2. The summed E-state index contributed by atoms with van der Waals surface area (Å²) in [4.78, 5) is 52.3. The number of nitrogens with one attached hydrogen (secondary N) is 2. The molecular weight excluding hydrogens is 871 g/mol. The molecule has 0 unspecified atom stereocenters. The quantitative estimate of drug-likeness (QED) is 0.112. The first-order valence-corrected chi connectivity index (χ1v) is 24.3. The topological polar surface area (TPSA) is 161 Å². The van der Waals surface area contributed by atoms with E-state index in [1.165, 1.54) is 38.5 Å². The number of H-pyrrole nitrogens is 2. The second-order valence-electron chi connectivity index (χ2n) is 18.8. The zero-order valence-electron chi connectivity index (χ0n) is 39.0. The number of pyridine rings is 2. The molecule has 4 aliphatic rings. The van der Waals surface area contributed by atoms with Crippen LogP contribution in [0.2, 0.25) is 0 Å². The molecule has 10 rings (SSSR count). The molecule has 2 aromatic carbocycles. The van der Waals surface area contributed by atoms with E-state index in [-0.39, 0.29) is 35.8 Å². The van der Waals surface area contributed by atoms with E-state index in [0.717, 1.165) is 137 Å². The third-order valence-electron chi connectivity index (χ3n) is 14.2. The van der Waals surface area contributed by atoms with Crippen LogP contribution in [0.3, 0.4) is 0 Å². The predicted molar refractivity (Wildman–Crippen MR) is 256 cm³/mol. The first-order chi connectivity index (χ1) is 33.1. The molecule has 4 fully saturated rings. The number of rotatable bonds is 12. The Hall–Kier alpha value is -6.00. The Morgan fingerprint density at radius 2 is 0.926 bits per heavy atom. The maximum Gasteiger partial charge on any atom is 0.305 e. The van der Waals surface area contributed by atoms with Gasteiger partial charge in [0.05, 0.1) is 60.7 Å². The zero-order chi connectivity index (χ0) is 47.0. The molecule has 68 heavy (non-hydrogen) atoms. The number of methoxy groups -OCH3 is 2. The van der Waals surface area contributed by atoms with E-state index < -0.39 is 0 Å². The van der Waals surface area contributed by atoms with E-state index >= 15 is 0 Å². The normalized spacial score (nSPS) is 21.6. The minimum atomic E-state index is -0.283. The fourth-order valence-electron chi connectivity index (χ4n) is 10.2. The SMILES string of the molecule is COC(=O)CC1CCC(OC2CCN(c3ccc(-c4nc5ccc(F)cc5[nH]4)cn3)CC2)CC1.COC(=O)CC1CCC(OC2CCN(c3ccc(-c4nc5ccc(F)cc5[nH]4)cn3)CC2)CC1. The Labute approximate surface area is 395 Å². The molecule has 14 nitrogen and oxygen atoms in total. The molecule has 0 spiro atoms. The first kappa shape index (κ1) is 47.1. The van der Waals surface area contributed by atoms with Gasteiger partial charge in [-0.1, -0.05) is 0 Å². The van der Waals surface area contributed by atoms with Crippen molar-refractivity contribution < 1.29 is 37.3 Å². The lowest BCUT2D eigenvalue weighted by molar-refractivity contribution is -0.143. The molecule has 0 atom stereocenters. The molecular formula is C52H62F2N8O6. The van der Waals surface area contributed by atoms with Crippen molar-refractivity contribution >= 4 is 45.6 Å². The van der Waals surface area contributed by atoms with Crippen LogP contribution in [-0.2, 0) is 28.5 Å². The second kappa shape index (κ2) is 22.0. The molecule has 16 heteroatoms. The van der Waals surface area contributed by atoms with E-state index in [1.807, 2.05) is 36.7 Å². The average Bonchev–Trinajstić information content (AvgIpc) is 4.00. The van der Waals surface area contributed by atoms with Gasteiger partial charge in [-0.15, -0.1) is 0 Å². The van der Waals surface area contributed by atoms with Gasteiger partial charge in [-0.05, 0) is 150 Å². The van der Waals surface area contributed by atoms with Gasteiger partial charge < -0.3 is 38.7 Å². The van der Waals surface area contributed by atoms with Crippen LogP contribution in [0, 0.1) is 23.5 Å². The summed E-state index contributed by atoms with van der Waals surface area (Å²) in [7, 11) is 2.91. The third-order valence-corrected chi connectivity index (χ3v) is 14.2. The number of hydrogen-bond donors (Lipinski definition) is 2. The maximum absolute atomic E-state index is 13.4. The Balaban J connectivity index is 0.000000170. The lowest BCUT2D eigenvalue weighted by Gasteiger charge is -2.36. The Bertz CT molecular complexity index is 2410. The smallest absolute Gasteiger partial charge is 0.305 e. The van der Waals surface area contributed by atoms with Gasteiger partial charge in [0.1, 0.15) is 34.9 Å². The monoisotopic (exact) mass is 932 g/mol. The molecule has 0 amide bonds. The number of esters is 2. The summed E-state index contributed by atoms with van der Waals surface area (Å²) in [6.45, 7) is 3.66. The summed E-state index contributed by atoms with van der Waals surface area (Å²) < 4.78 is 49.3. The number of halogens is 2. The number of hydrogen-bond acceptors (Lipinski definition) is 12. The van der Waals surface area contributed by atoms with E-state index in [0.29, 0.717) is 59.6 Å². The lowest BCUT2D eigenvalue weighted by atomic mass is 9.85. The number of fused-ring (bicyclic) bond motifs is 2. The predicted octanol–water partition coefficient (Wildman–Crippen LogP) is 9.74. The number of carbonyl (C=O) groups is 2. The number of carbonyl (C=O) groups excluding carboxylic acids is 2. The molecule has 6 heterocycles. The summed E-state index contributed by atoms with van der Waals surface area (Å²) >= 11 is 0. The van der Waals surface area contributed by atoms with Crippen LogP contribution >= 0.6 is 0 Å². The van der Waals surface area contributed by atoms with Crippen molar-refractivity contribution in [1.29, 1.82) is 0 Å². The number of aromatic nitrogens is 6. The van der Waals surface area contributed by atoms with Gasteiger partial charge in [0.2, 0.25) is 0 Å². The molecule has 4 aromatic heterocycles. The largest absolute Gasteiger partial charge is 0.469 e. The van der Waals surface area contributed by atoms with Gasteiger partial charge in [0.25, 0.3) is 0 Å². The van der Waals surface area contributed by atoms with Crippen LogP contribution in [0.15, 0.2) is 73.1 Å². The van der Waals surface area contributed by atoms with Crippen LogP contribution < -0.4 is 9.80 Å². The van der Waals surface area contributed by atoms with Gasteiger partial charge in [-0.2, -0.15) is 0 Å². The number of aromatic amines is 2. The molecule has 2 aliphatic carbocycles. The molecule has 2 N–H and O–H groups in total. The van der Waals surface area contributed by atoms with Crippen molar-refractivity contribution in [2.45, 2.75) is 114 Å². The second-order valence-corrected chi connectivity index (χ2v) is 18.8. The minimum Gasteiger partial charge on any atom is -0.469 e. The van der Waals surface area contributed by atoms with Crippen molar-refractivity contribution in [2.24, 2.45) is 11.8 Å². The number of nitrogens with zero attached hydrogens (tertiary/aromatic N) is 6. The third kappa shape index (κ3) is 12.0. The lowest BCUT2D eigenvalue weighted by Crippen LogP contribution is -2.39. The van der Waals surface area contributed by atoms with Gasteiger partial charge >= 0.3 is 11.9 Å². The summed E-state index contributed by atoms with van der Waals surface area (Å²) in [5, 5.41) is 0. The van der Waals surface area contributed by atoms with Crippen molar-refractivity contribution in [2.75, 3.05) is 50.2 Å². The molecule has 6 aromatic rings. The van der Waals surface area contributed by atoms with E-state index in [4.69, 9.17) is 18.9 Å². The highest BCUT2D eigenvalue weighted by atomic mass is 19.1. The first-order valence-electron chi connectivity index (χ1n) is 24.3. The summed E-state index contributed by atoms with van der Waals surface area (Å²) in [6.07, 6.45) is 18.1. The Morgan fingerprint density at radius 3 is 1.28 bits per heavy atom. The maximum atomic E-state index is 13.4. The van der Waals surface area contributed by atoms with E-state index in [1.54, 1.807) is 12.1 Å². The highest BCUT2D eigenvalue weighted by molar-refractivity contribution is 5.80. The van der Waals surface area contributed by atoms with Gasteiger partial charge in [-0.3, -0.25) is 9.59 Å². The highest BCUT2D eigenvalue weighted by Gasteiger charge is 2.30. The van der Waals surface area contributed by atoms with Crippen molar-refractivity contribution in [3.63, 3.8) is 0 Å². The number of imidazole rings is 2.